The van der Waals surface area contributed by atoms with E-state index in [1.54, 1.807) is 55.5 Å². The first-order valence-electron chi connectivity index (χ1n) is 10.3. The fourth-order valence-corrected chi connectivity index (χ4v) is 5.36. The van der Waals surface area contributed by atoms with Gasteiger partial charge in [0.2, 0.25) is 15.9 Å². The Hall–Kier alpha value is -2.91. The smallest absolute Gasteiger partial charge is 0.408 e. The summed E-state index contributed by atoms with van der Waals surface area (Å²) in [5, 5.41) is 2.80. The van der Waals surface area contributed by atoms with Crippen molar-refractivity contribution in [1.29, 1.82) is 0 Å². The number of aromatic nitrogens is 1. The first-order chi connectivity index (χ1) is 14.9. The minimum Gasteiger partial charge on any atom is -0.408 e. The lowest BCUT2D eigenvalue weighted by molar-refractivity contribution is -0.124. The molecular formula is C22H25N3O5S. The molecule has 0 spiro atoms. The van der Waals surface area contributed by atoms with Crippen LogP contribution in [0.5, 0.6) is 0 Å². The Morgan fingerprint density at radius 1 is 1.06 bits per heavy atom. The Morgan fingerprint density at radius 3 is 2.45 bits per heavy atom. The summed E-state index contributed by atoms with van der Waals surface area (Å²) in [4.78, 5) is 25.1. The number of amides is 1. The van der Waals surface area contributed by atoms with Gasteiger partial charge in [-0.3, -0.25) is 9.36 Å². The molecule has 1 saturated heterocycles. The van der Waals surface area contributed by atoms with E-state index >= 15 is 0 Å². The van der Waals surface area contributed by atoms with Gasteiger partial charge in [-0.15, -0.1) is 0 Å². The molecule has 0 bridgehead atoms. The lowest BCUT2D eigenvalue weighted by Crippen LogP contribution is -2.35. The van der Waals surface area contributed by atoms with Gasteiger partial charge in [0.25, 0.3) is 0 Å². The molecule has 2 aromatic carbocycles. The van der Waals surface area contributed by atoms with E-state index in [4.69, 9.17) is 4.42 Å². The number of carbonyl (C=O) groups is 1. The van der Waals surface area contributed by atoms with Crippen molar-refractivity contribution in [2.75, 3.05) is 13.1 Å². The SMILES string of the molecule is CC(C(=O)NCc1ccc(S(=O)(=O)N2CCCCC2)cc1)n1c(=O)oc2ccccc21. The summed E-state index contributed by atoms with van der Waals surface area (Å²) in [6.07, 6.45) is 2.83. The van der Waals surface area contributed by atoms with E-state index in [9.17, 15) is 18.0 Å². The average Bonchev–Trinajstić information content (AvgIpc) is 3.13. The number of oxazole rings is 1. The number of fused-ring (bicyclic) bond motifs is 1. The second-order valence-electron chi connectivity index (χ2n) is 7.71. The number of hydrogen-bond donors (Lipinski definition) is 1. The van der Waals surface area contributed by atoms with Gasteiger partial charge in [-0.25, -0.2) is 13.2 Å². The van der Waals surface area contributed by atoms with Crippen molar-refractivity contribution in [2.45, 2.75) is 43.7 Å². The Bertz CT molecular complexity index is 1240. The predicted molar refractivity (Wildman–Crippen MR) is 116 cm³/mol. The third kappa shape index (κ3) is 4.28. The second-order valence-corrected chi connectivity index (χ2v) is 9.65. The number of benzene rings is 2. The van der Waals surface area contributed by atoms with Crippen LogP contribution in [0.4, 0.5) is 0 Å². The van der Waals surface area contributed by atoms with Gasteiger partial charge in [0, 0.05) is 19.6 Å². The molecule has 3 aromatic rings. The van der Waals surface area contributed by atoms with Crippen molar-refractivity contribution >= 4 is 27.0 Å². The van der Waals surface area contributed by atoms with Crippen LogP contribution in [0.25, 0.3) is 11.1 Å². The van der Waals surface area contributed by atoms with Gasteiger partial charge in [-0.05, 0) is 49.6 Å². The van der Waals surface area contributed by atoms with Crippen LogP contribution in [0.1, 0.15) is 37.8 Å². The fraction of sp³-hybridized carbons (Fsp3) is 0.364. The maximum absolute atomic E-state index is 12.7. The molecule has 1 amide bonds. The minimum absolute atomic E-state index is 0.220. The lowest BCUT2D eigenvalue weighted by Gasteiger charge is -2.25. The highest BCUT2D eigenvalue weighted by Gasteiger charge is 2.26. The summed E-state index contributed by atoms with van der Waals surface area (Å²) in [5.74, 6) is -0.921. The largest absolute Gasteiger partial charge is 0.420 e. The maximum Gasteiger partial charge on any atom is 0.420 e. The molecule has 8 nitrogen and oxygen atoms in total. The Labute approximate surface area is 180 Å². The van der Waals surface area contributed by atoms with Crippen LogP contribution < -0.4 is 11.1 Å². The molecular weight excluding hydrogens is 418 g/mol. The summed E-state index contributed by atoms with van der Waals surface area (Å²) in [6, 6.07) is 12.7. The molecule has 0 radical (unpaired) electrons. The van der Waals surface area contributed by atoms with Gasteiger partial charge in [-0.2, -0.15) is 4.31 Å². The molecule has 1 aromatic heterocycles. The molecule has 1 aliphatic heterocycles. The molecule has 1 aliphatic rings. The molecule has 31 heavy (non-hydrogen) atoms. The van der Waals surface area contributed by atoms with E-state index < -0.39 is 21.8 Å². The van der Waals surface area contributed by atoms with Crippen molar-refractivity contribution in [2.24, 2.45) is 0 Å². The highest BCUT2D eigenvalue weighted by Crippen LogP contribution is 2.21. The Kier molecular flexibility index (Phi) is 5.97. The summed E-state index contributed by atoms with van der Waals surface area (Å²) >= 11 is 0. The number of hydrogen-bond acceptors (Lipinski definition) is 5. The van der Waals surface area contributed by atoms with Crippen LogP contribution >= 0.6 is 0 Å². The Morgan fingerprint density at radius 2 is 1.74 bits per heavy atom. The topological polar surface area (TPSA) is 102 Å². The molecule has 1 N–H and O–H groups in total. The molecule has 9 heteroatoms. The molecule has 1 fully saturated rings. The van der Waals surface area contributed by atoms with Crippen LogP contribution in [0, 0.1) is 0 Å². The third-order valence-corrected chi connectivity index (χ3v) is 7.54. The van der Waals surface area contributed by atoms with Crippen LogP contribution in [0.3, 0.4) is 0 Å². The van der Waals surface area contributed by atoms with Gasteiger partial charge in [0.15, 0.2) is 5.58 Å². The Balaban J connectivity index is 1.42. The molecule has 1 unspecified atom stereocenters. The molecule has 164 valence electrons. The number of para-hydroxylation sites is 2. The van der Waals surface area contributed by atoms with E-state index in [2.05, 4.69) is 5.32 Å². The van der Waals surface area contributed by atoms with E-state index in [1.165, 1.54) is 8.87 Å². The quantitative estimate of drug-likeness (QED) is 0.631. The standard InChI is InChI=1S/C22H25N3O5S/c1-16(25-19-7-3-4-8-20(19)30-22(25)27)21(26)23-15-17-9-11-18(12-10-17)31(28,29)24-13-5-2-6-14-24/h3-4,7-12,16H,2,5-6,13-15H2,1H3,(H,23,26). The minimum atomic E-state index is -3.48. The lowest BCUT2D eigenvalue weighted by atomic mass is 10.2. The van der Waals surface area contributed by atoms with Gasteiger partial charge in [0.05, 0.1) is 10.4 Å². The van der Waals surface area contributed by atoms with E-state index in [0.29, 0.717) is 24.2 Å². The zero-order valence-corrected chi connectivity index (χ0v) is 18.1. The first kappa shape index (κ1) is 21.3. The number of carbonyl (C=O) groups excluding carboxylic acids is 1. The molecule has 1 atom stereocenters. The van der Waals surface area contributed by atoms with Crippen molar-refractivity contribution in [3.8, 4) is 0 Å². The van der Waals surface area contributed by atoms with E-state index in [0.717, 1.165) is 24.8 Å². The third-order valence-electron chi connectivity index (χ3n) is 5.63. The van der Waals surface area contributed by atoms with Crippen molar-refractivity contribution < 1.29 is 17.6 Å². The van der Waals surface area contributed by atoms with Gasteiger partial charge < -0.3 is 9.73 Å². The number of sulfonamides is 1. The number of piperidine rings is 1. The average molecular weight is 444 g/mol. The van der Waals surface area contributed by atoms with Crippen molar-refractivity contribution in [3.63, 3.8) is 0 Å². The molecule has 4 rings (SSSR count). The fourth-order valence-electron chi connectivity index (χ4n) is 3.84. The summed E-state index contributed by atoms with van der Waals surface area (Å²) in [7, 11) is -3.48. The zero-order valence-electron chi connectivity index (χ0n) is 17.3. The molecule has 0 aliphatic carbocycles. The van der Waals surface area contributed by atoms with Crippen LogP contribution in [0.15, 0.2) is 62.6 Å². The van der Waals surface area contributed by atoms with Crippen molar-refractivity contribution in [3.05, 3.63) is 64.6 Å². The summed E-state index contributed by atoms with van der Waals surface area (Å²) in [5.41, 5.74) is 1.75. The maximum atomic E-state index is 12.7. The molecule has 0 saturated carbocycles. The van der Waals surface area contributed by atoms with E-state index in [1.807, 2.05) is 0 Å². The van der Waals surface area contributed by atoms with E-state index in [-0.39, 0.29) is 17.3 Å². The monoisotopic (exact) mass is 443 g/mol. The molecule has 2 heterocycles. The van der Waals surface area contributed by atoms with Gasteiger partial charge >= 0.3 is 5.76 Å². The highest BCUT2D eigenvalue weighted by atomic mass is 32.2. The second kappa shape index (κ2) is 8.68. The van der Waals surface area contributed by atoms with Crippen LogP contribution in [-0.4, -0.2) is 36.3 Å². The zero-order chi connectivity index (χ0) is 22.0. The predicted octanol–water partition coefficient (Wildman–Crippen LogP) is 2.65. The van der Waals surface area contributed by atoms with Gasteiger partial charge in [-0.1, -0.05) is 30.7 Å². The summed E-state index contributed by atoms with van der Waals surface area (Å²) < 4.78 is 33.5. The number of rotatable bonds is 6. The van der Waals surface area contributed by atoms with Crippen LogP contribution in [-0.2, 0) is 21.4 Å². The normalized spacial score (nSPS) is 16.3. The highest BCUT2D eigenvalue weighted by molar-refractivity contribution is 7.89. The van der Waals surface area contributed by atoms with Crippen LogP contribution in [0.2, 0.25) is 0 Å². The van der Waals surface area contributed by atoms with Gasteiger partial charge in [0.1, 0.15) is 6.04 Å². The number of nitrogens with one attached hydrogen (secondary N) is 1. The number of nitrogens with zero attached hydrogens (tertiary/aromatic N) is 2. The van der Waals surface area contributed by atoms with Crippen molar-refractivity contribution in [1.82, 2.24) is 14.2 Å². The summed E-state index contributed by atoms with van der Waals surface area (Å²) in [6.45, 7) is 2.96. The first-order valence-corrected chi connectivity index (χ1v) is 11.8.